The molecule has 0 aliphatic carbocycles. The number of anilines is 1. The van der Waals surface area contributed by atoms with E-state index in [9.17, 15) is 14.4 Å². The molecule has 1 aromatic carbocycles. The van der Waals surface area contributed by atoms with E-state index < -0.39 is 41.5 Å². The maximum absolute atomic E-state index is 13.9. The first-order valence-electron chi connectivity index (χ1n) is 11.1. The van der Waals surface area contributed by atoms with E-state index in [-0.39, 0.29) is 24.0 Å². The molecule has 170 valence electrons. The Kier molecular flexibility index (Phi) is 4.32. The van der Waals surface area contributed by atoms with Crippen molar-refractivity contribution in [2.75, 3.05) is 12.4 Å². The lowest BCUT2D eigenvalue weighted by molar-refractivity contribution is -0.147. The Bertz CT molecular complexity index is 1170. The molecule has 8 nitrogen and oxygen atoms in total. The largest absolute Gasteiger partial charge is 0.497 e. The minimum absolute atomic E-state index is 0.0604. The Morgan fingerprint density at radius 2 is 2.09 bits per heavy atom. The normalized spacial score (nSPS) is 36.1. The monoisotopic (exact) mass is 448 g/mol. The van der Waals surface area contributed by atoms with Crippen LogP contribution in [0, 0.1) is 17.8 Å². The quantitative estimate of drug-likeness (QED) is 0.723. The number of hydrogen-bond acceptors (Lipinski definition) is 6. The summed E-state index contributed by atoms with van der Waals surface area (Å²) in [5, 5.41) is 2.92. The maximum atomic E-state index is 13.9. The van der Waals surface area contributed by atoms with Crippen LogP contribution in [0.3, 0.4) is 0 Å². The SMILES string of the molecule is COc1cccc(NC(=O)[C@H]2[C@H]3C(=O)N4[C@@H]([C@H](C)C(=O)C[C@H]4c4ccco4)[C@]34C=C[C@H]2O4)c1. The molecule has 3 saturated heterocycles. The van der Waals surface area contributed by atoms with Gasteiger partial charge in [0.25, 0.3) is 0 Å². The van der Waals surface area contributed by atoms with Gasteiger partial charge in [-0.25, -0.2) is 0 Å². The maximum Gasteiger partial charge on any atom is 0.231 e. The first-order valence-corrected chi connectivity index (χ1v) is 11.1. The molecule has 1 spiro atoms. The first kappa shape index (κ1) is 20.2. The van der Waals surface area contributed by atoms with E-state index in [1.807, 2.05) is 19.1 Å². The Labute approximate surface area is 190 Å². The lowest BCUT2D eigenvalue weighted by atomic mass is 9.70. The standard InChI is InChI=1S/C25H24N2O6/c1-13-17(28)12-16(18-7-4-10-32-18)27-22(13)25-9-8-19(33-25)20(21(25)24(27)30)23(29)26-14-5-3-6-15(11-14)31-2/h3-11,13,16,19-22H,12H2,1-2H3,(H,26,29)/t13-,16+,19-,20-,21+,22+,25+/m1/s1. The number of nitrogens with one attached hydrogen (secondary N) is 1. The number of nitrogens with zero attached hydrogens (tertiary/aromatic N) is 1. The first-order chi connectivity index (χ1) is 15.9. The number of piperidine rings is 1. The zero-order valence-electron chi connectivity index (χ0n) is 18.3. The number of hydrogen-bond donors (Lipinski definition) is 1. The Balaban J connectivity index is 1.37. The van der Waals surface area contributed by atoms with E-state index in [2.05, 4.69) is 5.32 Å². The summed E-state index contributed by atoms with van der Waals surface area (Å²) in [6.07, 6.45) is 4.97. The molecule has 1 N–H and O–H groups in total. The van der Waals surface area contributed by atoms with Crippen LogP contribution in [0.5, 0.6) is 5.75 Å². The van der Waals surface area contributed by atoms with E-state index in [1.165, 1.54) is 0 Å². The van der Waals surface area contributed by atoms with Crippen LogP contribution in [0.25, 0.3) is 0 Å². The van der Waals surface area contributed by atoms with E-state index in [0.29, 0.717) is 17.2 Å². The molecule has 0 saturated carbocycles. The molecule has 6 rings (SSSR count). The lowest BCUT2D eigenvalue weighted by Gasteiger charge is -2.43. The second-order valence-corrected chi connectivity index (χ2v) is 9.20. The van der Waals surface area contributed by atoms with E-state index in [1.54, 1.807) is 54.7 Å². The highest BCUT2D eigenvalue weighted by Gasteiger charge is 2.74. The molecule has 3 fully saturated rings. The number of ether oxygens (including phenoxy) is 2. The number of carbonyl (C=O) groups excluding carboxylic acids is 3. The van der Waals surface area contributed by atoms with Gasteiger partial charge in [0.05, 0.1) is 43.4 Å². The second kappa shape index (κ2) is 7.05. The molecule has 5 heterocycles. The number of ketones is 1. The summed E-state index contributed by atoms with van der Waals surface area (Å²) in [6, 6.07) is 9.62. The van der Waals surface area contributed by atoms with Crippen molar-refractivity contribution in [2.24, 2.45) is 17.8 Å². The van der Waals surface area contributed by atoms with Gasteiger partial charge in [0.2, 0.25) is 11.8 Å². The Morgan fingerprint density at radius 1 is 1.24 bits per heavy atom. The molecular weight excluding hydrogens is 424 g/mol. The fraction of sp³-hybridized carbons (Fsp3) is 0.400. The predicted octanol–water partition coefficient (Wildman–Crippen LogP) is 2.73. The number of methoxy groups -OCH3 is 1. The third-order valence-corrected chi connectivity index (χ3v) is 7.59. The van der Waals surface area contributed by atoms with Crippen molar-refractivity contribution >= 4 is 23.3 Å². The average molecular weight is 448 g/mol. The summed E-state index contributed by atoms with van der Waals surface area (Å²) in [5.41, 5.74) is -0.418. The molecular formula is C25H24N2O6. The van der Waals surface area contributed by atoms with Crippen molar-refractivity contribution in [2.45, 2.75) is 37.1 Å². The molecule has 8 heteroatoms. The molecule has 2 amide bonds. The van der Waals surface area contributed by atoms with Crippen LogP contribution in [-0.2, 0) is 19.1 Å². The topological polar surface area (TPSA) is 98.1 Å². The van der Waals surface area contributed by atoms with Crippen LogP contribution < -0.4 is 10.1 Å². The minimum atomic E-state index is -1.00. The van der Waals surface area contributed by atoms with Gasteiger partial charge in [-0.2, -0.15) is 0 Å². The minimum Gasteiger partial charge on any atom is -0.497 e. The molecule has 0 radical (unpaired) electrons. The van der Waals surface area contributed by atoms with Crippen LogP contribution in [0.1, 0.15) is 25.1 Å². The van der Waals surface area contributed by atoms with Crippen LogP contribution in [0.15, 0.2) is 59.2 Å². The van der Waals surface area contributed by atoms with Crippen molar-refractivity contribution in [1.29, 1.82) is 0 Å². The fourth-order valence-corrected chi connectivity index (χ4v) is 6.19. The van der Waals surface area contributed by atoms with Crippen LogP contribution >= 0.6 is 0 Å². The molecule has 2 aromatic rings. The Morgan fingerprint density at radius 3 is 2.85 bits per heavy atom. The number of fused-ring (bicyclic) bond motifs is 2. The molecule has 1 aromatic heterocycles. The van der Waals surface area contributed by atoms with Crippen LogP contribution in [0.4, 0.5) is 5.69 Å². The van der Waals surface area contributed by atoms with Crippen molar-refractivity contribution in [3.05, 3.63) is 60.6 Å². The average Bonchev–Trinajstić information content (AvgIpc) is 3.58. The van der Waals surface area contributed by atoms with E-state index in [4.69, 9.17) is 13.9 Å². The van der Waals surface area contributed by atoms with Crippen molar-refractivity contribution < 1.29 is 28.3 Å². The summed E-state index contributed by atoms with van der Waals surface area (Å²) in [5.74, 6) is -1.01. The van der Waals surface area contributed by atoms with Crippen LogP contribution in [0.2, 0.25) is 0 Å². The summed E-state index contributed by atoms with van der Waals surface area (Å²) < 4.78 is 17.2. The highest BCUT2D eigenvalue weighted by molar-refractivity contribution is 6.00. The number of Topliss-reactive ketones (excluding diaryl/α,β-unsaturated/α-hetero) is 1. The van der Waals surface area contributed by atoms with Gasteiger partial charge in [-0.15, -0.1) is 0 Å². The molecule has 4 aliphatic rings. The Hall–Kier alpha value is -3.39. The van der Waals surface area contributed by atoms with Gasteiger partial charge in [0.1, 0.15) is 22.9 Å². The zero-order chi connectivity index (χ0) is 22.9. The van der Waals surface area contributed by atoms with Crippen molar-refractivity contribution in [3.8, 4) is 5.75 Å². The molecule has 33 heavy (non-hydrogen) atoms. The smallest absolute Gasteiger partial charge is 0.231 e. The van der Waals surface area contributed by atoms with Gasteiger partial charge in [0, 0.05) is 24.1 Å². The molecule has 0 unspecified atom stereocenters. The highest BCUT2D eigenvalue weighted by atomic mass is 16.5. The third-order valence-electron chi connectivity index (χ3n) is 7.59. The van der Waals surface area contributed by atoms with Gasteiger partial charge in [0.15, 0.2) is 0 Å². The summed E-state index contributed by atoms with van der Waals surface area (Å²) in [6.45, 7) is 1.84. The lowest BCUT2D eigenvalue weighted by Crippen LogP contribution is -2.55. The highest BCUT2D eigenvalue weighted by Crippen LogP contribution is 2.60. The predicted molar refractivity (Wildman–Crippen MR) is 116 cm³/mol. The molecule has 7 atom stereocenters. The number of carbonyl (C=O) groups is 3. The van der Waals surface area contributed by atoms with Crippen molar-refractivity contribution in [1.82, 2.24) is 4.90 Å². The molecule has 2 bridgehead atoms. The van der Waals surface area contributed by atoms with Gasteiger partial charge >= 0.3 is 0 Å². The number of rotatable bonds is 4. The fourth-order valence-electron chi connectivity index (χ4n) is 6.19. The number of amides is 2. The summed E-state index contributed by atoms with van der Waals surface area (Å²) in [4.78, 5) is 42.0. The van der Waals surface area contributed by atoms with Gasteiger partial charge in [-0.05, 0) is 24.3 Å². The van der Waals surface area contributed by atoms with Gasteiger partial charge in [-0.1, -0.05) is 25.1 Å². The van der Waals surface area contributed by atoms with Gasteiger partial charge < -0.3 is 24.1 Å². The molecule has 4 aliphatic heterocycles. The number of furan rings is 1. The van der Waals surface area contributed by atoms with Crippen LogP contribution in [-0.4, -0.2) is 47.4 Å². The third kappa shape index (κ3) is 2.70. The summed E-state index contributed by atoms with van der Waals surface area (Å²) >= 11 is 0. The van der Waals surface area contributed by atoms with Gasteiger partial charge in [-0.3, -0.25) is 14.4 Å². The second-order valence-electron chi connectivity index (χ2n) is 9.20. The van der Waals surface area contributed by atoms with Crippen molar-refractivity contribution in [3.63, 3.8) is 0 Å². The summed E-state index contributed by atoms with van der Waals surface area (Å²) in [7, 11) is 1.56. The number of benzene rings is 1. The zero-order valence-corrected chi connectivity index (χ0v) is 18.3. The van der Waals surface area contributed by atoms with E-state index >= 15 is 0 Å². The van der Waals surface area contributed by atoms with E-state index in [0.717, 1.165) is 0 Å².